The molecule has 2 atom stereocenters. The highest BCUT2D eigenvalue weighted by Gasteiger charge is 2.25. The van der Waals surface area contributed by atoms with Crippen molar-refractivity contribution in [2.75, 3.05) is 33.9 Å². The molecule has 1 aromatic heterocycles. The average Bonchev–Trinajstić information content (AvgIpc) is 2.75. The van der Waals surface area contributed by atoms with Crippen LogP contribution < -0.4 is 11.1 Å². The summed E-state index contributed by atoms with van der Waals surface area (Å²) < 4.78 is 10.5. The van der Waals surface area contributed by atoms with Gasteiger partial charge in [-0.3, -0.25) is 9.69 Å². The summed E-state index contributed by atoms with van der Waals surface area (Å²) in [4.78, 5) is 13.7. The molecule has 20 heavy (non-hydrogen) atoms. The Kier molecular flexibility index (Phi) is 6.70. The van der Waals surface area contributed by atoms with Crippen LogP contribution in [0.15, 0.2) is 16.5 Å². The van der Waals surface area contributed by atoms with Gasteiger partial charge in [0.15, 0.2) is 0 Å². The maximum absolute atomic E-state index is 11.8. The van der Waals surface area contributed by atoms with Crippen LogP contribution in [0.25, 0.3) is 0 Å². The molecule has 0 saturated heterocycles. The number of nitrogens with one attached hydrogen (secondary N) is 1. The second-order valence-electron chi connectivity index (χ2n) is 5.01. The molecule has 3 N–H and O–H groups in total. The van der Waals surface area contributed by atoms with Gasteiger partial charge in [0.05, 0.1) is 19.2 Å². The summed E-state index contributed by atoms with van der Waals surface area (Å²) in [5.74, 6) is 1.56. The maximum Gasteiger partial charge on any atom is 0.234 e. The highest BCUT2D eigenvalue weighted by molar-refractivity contribution is 5.78. The minimum atomic E-state index is -0.141. The first kappa shape index (κ1) is 16.7. The van der Waals surface area contributed by atoms with Crippen LogP contribution in [0.5, 0.6) is 0 Å². The number of carbonyl (C=O) groups excluding carboxylic acids is 1. The molecule has 1 amide bonds. The van der Waals surface area contributed by atoms with Crippen molar-refractivity contribution in [1.82, 2.24) is 10.2 Å². The molecule has 1 heterocycles. The Morgan fingerprint density at radius 2 is 2.25 bits per heavy atom. The van der Waals surface area contributed by atoms with Gasteiger partial charge in [0.1, 0.15) is 11.5 Å². The number of nitrogens with zero attached hydrogens (tertiary/aromatic N) is 1. The molecule has 0 radical (unpaired) electrons. The molecule has 0 bridgehead atoms. The molecule has 114 valence electrons. The molecular weight excluding hydrogens is 258 g/mol. The first-order valence-corrected chi connectivity index (χ1v) is 6.73. The molecule has 0 aliphatic rings. The zero-order chi connectivity index (χ0) is 15.1. The number of rotatable bonds is 8. The van der Waals surface area contributed by atoms with E-state index >= 15 is 0 Å². The van der Waals surface area contributed by atoms with Crippen LogP contribution in [0, 0.1) is 6.92 Å². The molecule has 1 rings (SSSR count). The molecular formula is C14H25N3O3. The average molecular weight is 283 g/mol. The topological polar surface area (TPSA) is 80.7 Å². The van der Waals surface area contributed by atoms with Gasteiger partial charge in [0.25, 0.3) is 0 Å². The number of hydrogen-bond acceptors (Lipinski definition) is 5. The van der Waals surface area contributed by atoms with Gasteiger partial charge in [0.2, 0.25) is 5.91 Å². The van der Waals surface area contributed by atoms with Gasteiger partial charge in [-0.2, -0.15) is 0 Å². The first-order valence-electron chi connectivity index (χ1n) is 6.73. The number of carbonyl (C=O) groups is 1. The van der Waals surface area contributed by atoms with Gasteiger partial charge in [-0.15, -0.1) is 0 Å². The Morgan fingerprint density at radius 1 is 1.55 bits per heavy atom. The number of ether oxygens (including phenoxy) is 1. The molecule has 2 unspecified atom stereocenters. The lowest BCUT2D eigenvalue weighted by molar-refractivity contribution is -0.122. The summed E-state index contributed by atoms with van der Waals surface area (Å²) in [5, 5.41) is 2.79. The molecule has 0 spiro atoms. The van der Waals surface area contributed by atoms with Crippen molar-refractivity contribution in [2.45, 2.75) is 25.9 Å². The third-order valence-electron chi connectivity index (χ3n) is 3.05. The van der Waals surface area contributed by atoms with E-state index in [9.17, 15) is 4.79 Å². The third-order valence-corrected chi connectivity index (χ3v) is 3.05. The van der Waals surface area contributed by atoms with Crippen molar-refractivity contribution in [2.24, 2.45) is 5.73 Å². The Bertz CT molecular complexity index is 418. The van der Waals surface area contributed by atoms with Crippen molar-refractivity contribution in [3.63, 3.8) is 0 Å². The maximum atomic E-state index is 11.8. The monoisotopic (exact) mass is 283 g/mol. The smallest absolute Gasteiger partial charge is 0.234 e. The second kappa shape index (κ2) is 8.04. The van der Waals surface area contributed by atoms with Crippen molar-refractivity contribution < 1.29 is 13.9 Å². The van der Waals surface area contributed by atoms with Crippen molar-refractivity contribution in [3.05, 3.63) is 23.7 Å². The van der Waals surface area contributed by atoms with E-state index in [4.69, 9.17) is 14.9 Å². The summed E-state index contributed by atoms with van der Waals surface area (Å²) >= 11 is 0. The van der Waals surface area contributed by atoms with Gasteiger partial charge in [-0.05, 0) is 33.0 Å². The number of likely N-dealkylation sites (N-methyl/N-ethyl adjacent to an activating group) is 1. The molecule has 0 aliphatic carbocycles. The van der Waals surface area contributed by atoms with E-state index in [1.807, 2.05) is 37.9 Å². The summed E-state index contributed by atoms with van der Waals surface area (Å²) in [7, 11) is 3.46. The Labute approximate surface area is 120 Å². The lowest BCUT2D eigenvalue weighted by atomic mass is 10.1. The molecule has 0 aliphatic heterocycles. The number of furan rings is 1. The van der Waals surface area contributed by atoms with Gasteiger partial charge in [-0.25, -0.2) is 0 Å². The van der Waals surface area contributed by atoms with Crippen molar-refractivity contribution in [1.29, 1.82) is 0 Å². The van der Waals surface area contributed by atoms with Crippen LogP contribution in [0.1, 0.15) is 24.5 Å². The molecule has 6 nitrogen and oxygen atoms in total. The van der Waals surface area contributed by atoms with E-state index in [1.54, 1.807) is 7.11 Å². The fraction of sp³-hybridized carbons (Fsp3) is 0.643. The van der Waals surface area contributed by atoms with Crippen LogP contribution in [0.2, 0.25) is 0 Å². The predicted octanol–water partition coefficient (Wildman–Crippen LogP) is 0.671. The molecule has 0 fully saturated rings. The highest BCUT2D eigenvalue weighted by Crippen LogP contribution is 2.23. The zero-order valence-electron chi connectivity index (χ0n) is 12.7. The first-order chi connectivity index (χ1) is 9.45. The van der Waals surface area contributed by atoms with Crippen LogP contribution in [0.4, 0.5) is 0 Å². The normalized spacial score (nSPS) is 14.3. The number of methoxy groups -OCH3 is 1. The van der Waals surface area contributed by atoms with E-state index in [-0.39, 0.29) is 24.5 Å². The van der Waals surface area contributed by atoms with Crippen LogP contribution >= 0.6 is 0 Å². The molecule has 1 aromatic rings. The van der Waals surface area contributed by atoms with Crippen LogP contribution in [0.3, 0.4) is 0 Å². The Hall–Kier alpha value is -1.37. The van der Waals surface area contributed by atoms with E-state index in [0.717, 1.165) is 11.5 Å². The predicted molar refractivity (Wildman–Crippen MR) is 77.4 cm³/mol. The minimum Gasteiger partial charge on any atom is -0.465 e. The van der Waals surface area contributed by atoms with Crippen molar-refractivity contribution in [3.8, 4) is 0 Å². The summed E-state index contributed by atoms with van der Waals surface area (Å²) in [5.41, 5.74) is 6.02. The second-order valence-corrected chi connectivity index (χ2v) is 5.01. The van der Waals surface area contributed by atoms with E-state index in [1.165, 1.54) is 0 Å². The fourth-order valence-corrected chi connectivity index (χ4v) is 2.16. The number of amides is 1. The van der Waals surface area contributed by atoms with Crippen LogP contribution in [-0.4, -0.2) is 50.7 Å². The van der Waals surface area contributed by atoms with Crippen molar-refractivity contribution >= 4 is 5.91 Å². The fourth-order valence-electron chi connectivity index (χ4n) is 2.16. The van der Waals surface area contributed by atoms with Gasteiger partial charge in [0, 0.05) is 19.7 Å². The SMILES string of the molecule is COCCNC(=O)CN(C)C(c1ccc(C)o1)C(C)N. The van der Waals surface area contributed by atoms with Gasteiger partial charge in [-0.1, -0.05) is 0 Å². The van der Waals surface area contributed by atoms with Crippen LogP contribution in [-0.2, 0) is 9.53 Å². The quantitative estimate of drug-likeness (QED) is 0.685. The lowest BCUT2D eigenvalue weighted by Gasteiger charge is -2.28. The summed E-state index contributed by atoms with van der Waals surface area (Å²) in [6.07, 6.45) is 0. The summed E-state index contributed by atoms with van der Waals surface area (Å²) in [6.45, 7) is 5.06. The Morgan fingerprint density at radius 3 is 2.75 bits per heavy atom. The molecule has 0 saturated carbocycles. The standard InChI is InChI=1S/C14H25N3O3/c1-10-5-6-12(20-10)14(11(2)15)17(3)9-13(18)16-7-8-19-4/h5-6,11,14H,7-9,15H2,1-4H3,(H,16,18). The number of nitrogens with two attached hydrogens (primary N) is 1. The highest BCUT2D eigenvalue weighted by atomic mass is 16.5. The van der Waals surface area contributed by atoms with Gasteiger partial charge < -0.3 is 20.2 Å². The Balaban J connectivity index is 2.61. The third kappa shape index (κ3) is 4.96. The molecule has 0 aromatic carbocycles. The zero-order valence-corrected chi connectivity index (χ0v) is 12.7. The minimum absolute atomic E-state index is 0.0570. The number of hydrogen-bond donors (Lipinski definition) is 2. The largest absolute Gasteiger partial charge is 0.465 e. The lowest BCUT2D eigenvalue weighted by Crippen LogP contribution is -2.43. The number of aryl methyl sites for hydroxylation is 1. The van der Waals surface area contributed by atoms with Gasteiger partial charge >= 0.3 is 0 Å². The summed E-state index contributed by atoms with van der Waals surface area (Å²) in [6, 6.07) is 3.54. The molecule has 6 heteroatoms. The van der Waals surface area contributed by atoms with E-state index < -0.39 is 0 Å². The van der Waals surface area contributed by atoms with E-state index in [2.05, 4.69) is 5.32 Å². The van der Waals surface area contributed by atoms with E-state index in [0.29, 0.717) is 13.2 Å².